The third kappa shape index (κ3) is 1.80. The molecule has 64 valence electrons. The van der Waals surface area contributed by atoms with Crippen LogP contribution in [0.1, 0.15) is 17.1 Å². The number of hydrogen-bond donors (Lipinski definition) is 0. The Bertz CT molecular complexity index is 297. The zero-order valence-corrected chi connectivity index (χ0v) is 8.05. The molecular weight excluding hydrogens is 174 g/mol. The molecule has 0 unspecified atom stereocenters. The van der Waals surface area contributed by atoms with Crippen LogP contribution >= 0.6 is 11.6 Å². The maximum Gasteiger partial charge on any atom is 0.141 e. The lowest BCUT2D eigenvalue weighted by molar-refractivity contribution is 1.01. The van der Waals surface area contributed by atoms with E-state index in [0.29, 0.717) is 11.0 Å². The molecule has 0 saturated carbocycles. The summed E-state index contributed by atoms with van der Waals surface area (Å²) in [4.78, 5) is 12.1. The van der Waals surface area contributed by atoms with Crippen LogP contribution in [0.25, 0.3) is 0 Å². The Hall–Kier alpha value is -0.960. The molecule has 0 spiro atoms. The summed E-state index contributed by atoms with van der Waals surface area (Å²) in [7, 11) is 1.69. The van der Waals surface area contributed by atoms with E-state index in [1.807, 2.05) is 13.8 Å². The smallest absolute Gasteiger partial charge is 0.141 e. The highest BCUT2D eigenvalue weighted by molar-refractivity contribution is 6.32. The Morgan fingerprint density at radius 3 is 2.50 bits per heavy atom. The number of aliphatic imine (C=N–C) groups is 1. The van der Waals surface area contributed by atoms with Crippen molar-refractivity contribution >= 4 is 17.8 Å². The molecule has 0 saturated heterocycles. The van der Waals surface area contributed by atoms with Gasteiger partial charge in [-0.2, -0.15) is 0 Å². The summed E-state index contributed by atoms with van der Waals surface area (Å²) >= 11 is 5.87. The van der Waals surface area contributed by atoms with Gasteiger partial charge in [0.05, 0.1) is 11.3 Å². The van der Waals surface area contributed by atoms with Gasteiger partial charge in [-0.15, -0.1) is 0 Å². The Kier molecular flexibility index (Phi) is 2.76. The largest absolute Gasteiger partial charge is 0.296 e. The van der Waals surface area contributed by atoms with Crippen LogP contribution in [0.4, 0.5) is 0 Å². The summed E-state index contributed by atoms with van der Waals surface area (Å²) in [6.07, 6.45) is 1.66. The van der Waals surface area contributed by atoms with Gasteiger partial charge in [0.25, 0.3) is 0 Å². The number of halogens is 1. The zero-order chi connectivity index (χ0) is 9.14. The van der Waals surface area contributed by atoms with Crippen molar-refractivity contribution in [1.29, 1.82) is 0 Å². The van der Waals surface area contributed by atoms with Gasteiger partial charge in [0.1, 0.15) is 11.0 Å². The highest BCUT2D eigenvalue weighted by Gasteiger charge is 2.04. The number of aryl methyl sites for hydroxylation is 2. The number of rotatable bonds is 1. The summed E-state index contributed by atoms with van der Waals surface area (Å²) in [5.74, 6) is 0.686. The SMILES string of the molecule is CN=Cc1c(C)nc(C)nc1Cl. The monoisotopic (exact) mass is 183 g/mol. The molecule has 0 N–H and O–H groups in total. The molecule has 0 aliphatic heterocycles. The minimum atomic E-state index is 0.464. The van der Waals surface area contributed by atoms with Crippen molar-refractivity contribution in [3.8, 4) is 0 Å². The minimum Gasteiger partial charge on any atom is -0.296 e. The minimum absolute atomic E-state index is 0.464. The Labute approximate surface area is 76.5 Å². The molecule has 3 nitrogen and oxygen atoms in total. The maximum atomic E-state index is 5.87. The van der Waals surface area contributed by atoms with Crippen LogP contribution in [0.2, 0.25) is 5.15 Å². The average molecular weight is 184 g/mol. The predicted molar refractivity (Wildman–Crippen MR) is 50.0 cm³/mol. The number of nitrogens with zero attached hydrogens (tertiary/aromatic N) is 3. The first-order valence-corrected chi connectivity index (χ1v) is 3.96. The van der Waals surface area contributed by atoms with E-state index in [4.69, 9.17) is 11.6 Å². The van der Waals surface area contributed by atoms with Crippen LogP contribution in [0, 0.1) is 13.8 Å². The van der Waals surface area contributed by atoms with E-state index in [1.54, 1.807) is 13.3 Å². The summed E-state index contributed by atoms with van der Waals surface area (Å²) in [5.41, 5.74) is 1.66. The van der Waals surface area contributed by atoms with E-state index >= 15 is 0 Å². The van der Waals surface area contributed by atoms with E-state index in [1.165, 1.54) is 0 Å². The van der Waals surface area contributed by atoms with Crippen molar-refractivity contribution in [3.63, 3.8) is 0 Å². The van der Waals surface area contributed by atoms with Gasteiger partial charge in [-0.05, 0) is 13.8 Å². The summed E-state index contributed by atoms with van der Waals surface area (Å²) in [6, 6.07) is 0. The van der Waals surface area contributed by atoms with E-state index < -0.39 is 0 Å². The molecule has 1 aromatic rings. The number of hydrogen-bond acceptors (Lipinski definition) is 3. The van der Waals surface area contributed by atoms with Gasteiger partial charge < -0.3 is 0 Å². The third-order valence-electron chi connectivity index (χ3n) is 1.46. The second-order valence-corrected chi connectivity index (χ2v) is 2.81. The first kappa shape index (κ1) is 9.13. The second kappa shape index (κ2) is 3.63. The third-order valence-corrected chi connectivity index (χ3v) is 1.75. The summed E-state index contributed by atoms with van der Waals surface area (Å²) < 4.78 is 0. The van der Waals surface area contributed by atoms with Gasteiger partial charge in [0.2, 0.25) is 0 Å². The van der Waals surface area contributed by atoms with Crippen molar-refractivity contribution in [1.82, 2.24) is 9.97 Å². The quantitative estimate of drug-likeness (QED) is 0.492. The molecule has 1 rings (SSSR count). The predicted octanol–water partition coefficient (Wildman–Crippen LogP) is 1.80. The van der Waals surface area contributed by atoms with Crippen LogP contribution in [0.5, 0.6) is 0 Å². The molecule has 0 aliphatic carbocycles. The topological polar surface area (TPSA) is 38.1 Å². The lowest BCUT2D eigenvalue weighted by atomic mass is 10.2. The first-order chi connectivity index (χ1) is 5.65. The van der Waals surface area contributed by atoms with Gasteiger partial charge >= 0.3 is 0 Å². The van der Waals surface area contributed by atoms with Gasteiger partial charge in [-0.25, -0.2) is 9.97 Å². The Morgan fingerprint density at radius 2 is 2.00 bits per heavy atom. The second-order valence-electron chi connectivity index (χ2n) is 2.45. The van der Waals surface area contributed by atoms with Crippen LogP contribution in [0.15, 0.2) is 4.99 Å². The van der Waals surface area contributed by atoms with Crippen molar-refractivity contribution in [3.05, 3.63) is 22.2 Å². The molecule has 4 heteroatoms. The maximum absolute atomic E-state index is 5.87. The summed E-state index contributed by atoms with van der Waals surface area (Å²) in [5, 5.41) is 0.464. The van der Waals surface area contributed by atoms with Crippen LogP contribution < -0.4 is 0 Å². The van der Waals surface area contributed by atoms with Gasteiger partial charge in [0, 0.05) is 13.3 Å². The fraction of sp³-hybridized carbons (Fsp3) is 0.375. The van der Waals surface area contributed by atoms with Crippen molar-refractivity contribution < 1.29 is 0 Å². The van der Waals surface area contributed by atoms with Crippen molar-refractivity contribution in [2.75, 3.05) is 7.05 Å². The van der Waals surface area contributed by atoms with Crippen LogP contribution in [-0.4, -0.2) is 23.2 Å². The molecule has 0 aliphatic rings. The van der Waals surface area contributed by atoms with Crippen LogP contribution in [0.3, 0.4) is 0 Å². The Morgan fingerprint density at radius 1 is 1.33 bits per heavy atom. The normalized spacial score (nSPS) is 11.0. The molecule has 0 radical (unpaired) electrons. The van der Waals surface area contributed by atoms with Crippen molar-refractivity contribution in [2.24, 2.45) is 4.99 Å². The molecule has 0 fully saturated rings. The fourth-order valence-corrected chi connectivity index (χ4v) is 1.26. The molecule has 0 aromatic carbocycles. The fourth-order valence-electron chi connectivity index (χ4n) is 0.955. The summed E-state index contributed by atoms with van der Waals surface area (Å²) in [6.45, 7) is 3.70. The molecular formula is C8H10ClN3. The van der Waals surface area contributed by atoms with Crippen molar-refractivity contribution in [2.45, 2.75) is 13.8 Å². The molecule has 0 bridgehead atoms. The average Bonchev–Trinajstić information content (AvgIpc) is 1.96. The van der Waals surface area contributed by atoms with Gasteiger partial charge in [-0.1, -0.05) is 11.6 Å². The van der Waals surface area contributed by atoms with Gasteiger partial charge in [0.15, 0.2) is 0 Å². The lowest BCUT2D eigenvalue weighted by Crippen LogP contribution is -1.98. The molecule has 0 amide bonds. The van der Waals surface area contributed by atoms with E-state index in [2.05, 4.69) is 15.0 Å². The number of aromatic nitrogens is 2. The van der Waals surface area contributed by atoms with E-state index in [0.717, 1.165) is 11.3 Å². The lowest BCUT2D eigenvalue weighted by Gasteiger charge is -2.01. The Balaban J connectivity index is 3.28. The zero-order valence-electron chi connectivity index (χ0n) is 7.30. The molecule has 1 aromatic heterocycles. The van der Waals surface area contributed by atoms with Gasteiger partial charge in [-0.3, -0.25) is 4.99 Å². The standard InChI is InChI=1S/C8H10ClN3/c1-5-7(4-10-3)8(9)12-6(2)11-5/h4H,1-3H3. The van der Waals surface area contributed by atoms with E-state index in [-0.39, 0.29) is 0 Å². The van der Waals surface area contributed by atoms with Crippen LogP contribution in [-0.2, 0) is 0 Å². The molecule has 0 atom stereocenters. The molecule has 12 heavy (non-hydrogen) atoms. The highest BCUT2D eigenvalue weighted by atomic mass is 35.5. The van der Waals surface area contributed by atoms with E-state index in [9.17, 15) is 0 Å². The molecule has 1 heterocycles. The highest BCUT2D eigenvalue weighted by Crippen LogP contribution is 2.13. The first-order valence-electron chi connectivity index (χ1n) is 3.58.